The van der Waals surface area contributed by atoms with E-state index in [1.807, 2.05) is 48.5 Å². The van der Waals surface area contributed by atoms with Crippen molar-refractivity contribution in [1.82, 2.24) is 9.55 Å². The van der Waals surface area contributed by atoms with Crippen molar-refractivity contribution in [3.8, 4) is 5.75 Å². The van der Waals surface area contributed by atoms with Gasteiger partial charge in [0.25, 0.3) is 0 Å². The van der Waals surface area contributed by atoms with E-state index in [0.29, 0.717) is 28.8 Å². The Morgan fingerprint density at radius 1 is 1.17 bits per heavy atom. The predicted octanol–water partition coefficient (Wildman–Crippen LogP) is 3.80. The standard InChI is InChI=1S/C17H14ClN3O2/c18-14-7-5-13(6-8-14)11-23-16-4-2-1-3-15(16)17(20-22)21-10-9-19-12-21/h1-10,12,22H,11H2. The number of benzene rings is 2. The molecular weight excluding hydrogens is 314 g/mol. The summed E-state index contributed by atoms with van der Waals surface area (Å²) in [5, 5.41) is 13.4. The molecular formula is C17H14ClN3O2. The average Bonchev–Trinajstić information content (AvgIpc) is 3.10. The minimum atomic E-state index is 0.342. The molecule has 3 aromatic rings. The summed E-state index contributed by atoms with van der Waals surface area (Å²) >= 11 is 5.88. The Morgan fingerprint density at radius 2 is 1.96 bits per heavy atom. The monoisotopic (exact) mass is 327 g/mol. The second kappa shape index (κ2) is 6.98. The van der Waals surface area contributed by atoms with Crippen LogP contribution in [0.5, 0.6) is 5.75 Å². The maximum absolute atomic E-state index is 9.36. The summed E-state index contributed by atoms with van der Waals surface area (Å²) in [5.74, 6) is 0.957. The number of hydrogen-bond donors (Lipinski definition) is 1. The molecule has 2 aromatic carbocycles. The van der Waals surface area contributed by atoms with Crippen LogP contribution in [0.3, 0.4) is 0 Å². The SMILES string of the molecule is ON=C(c1ccccc1OCc1ccc(Cl)cc1)n1ccnc1. The summed E-state index contributed by atoms with van der Waals surface area (Å²) < 4.78 is 7.49. The van der Waals surface area contributed by atoms with Gasteiger partial charge in [0.05, 0.1) is 5.56 Å². The molecule has 0 amide bonds. The van der Waals surface area contributed by atoms with Crippen LogP contribution < -0.4 is 4.74 Å². The molecule has 23 heavy (non-hydrogen) atoms. The number of imidazole rings is 1. The first-order chi connectivity index (χ1) is 11.3. The normalized spacial score (nSPS) is 11.4. The third-order valence-electron chi connectivity index (χ3n) is 3.28. The van der Waals surface area contributed by atoms with Gasteiger partial charge in [-0.15, -0.1) is 0 Å². The second-order valence-corrected chi connectivity index (χ2v) is 5.24. The van der Waals surface area contributed by atoms with Crippen LogP contribution in [-0.2, 0) is 6.61 Å². The lowest BCUT2D eigenvalue weighted by Gasteiger charge is -2.13. The van der Waals surface area contributed by atoms with Crippen LogP contribution in [0.4, 0.5) is 0 Å². The largest absolute Gasteiger partial charge is 0.488 e. The van der Waals surface area contributed by atoms with Crippen molar-refractivity contribution in [3.05, 3.63) is 83.4 Å². The molecule has 0 aliphatic heterocycles. The van der Waals surface area contributed by atoms with Gasteiger partial charge in [-0.05, 0) is 29.8 Å². The van der Waals surface area contributed by atoms with Gasteiger partial charge < -0.3 is 9.94 Å². The van der Waals surface area contributed by atoms with Crippen LogP contribution in [0, 0.1) is 0 Å². The van der Waals surface area contributed by atoms with Gasteiger partial charge in [0.15, 0.2) is 5.84 Å². The third-order valence-corrected chi connectivity index (χ3v) is 3.53. The Labute approximate surface area is 138 Å². The topological polar surface area (TPSA) is 59.6 Å². The first-order valence-electron chi connectivity index (χ1n) is 6.95. The third kappa shape index (κ3) is 3.52. The van der Waals surface area contributed by atoms with Gasteiger partial charge in [-0.1, -0.05) is 41.0 Å². The maximum atomic E-state index is 9.36. The number of para-hydroxylation sites is 1. The second-order valence-electron chi connectivity index (χ2n) is 4.80. The summed E-state index contributed by atoms with van der Waals surface area (Å²) in [5.41, 5.74) is 1.66. The van der Waals surface area contributed by atoms with E-state index in [1.54, 1.807) is 23.3 Å². The Hall–Kier alpha value is -2.79. The fourth-order valence-electron chi connectivity index (χ4n) is 2.15. The summed E-state index contributed by atoms with van der Waals surface area (Å²) in [6.45, 7) is 0.386. The molecule has 1 N–H and O–H groups in total. The molecule has 0 radical (unpaired) electrons. The number of hydrogen-bond acceptors (Lipinski definition) is 4. The molecule has 5 nitrogen and oxygen atoms in total. The van der Waals surface area contributed by atoms with Gasteiger partial charge in [0, 0.05) is 17.4 Å². The average molecular weight is 328 g/mol. The van der Waals surface area contributed by atoms with E-state index in [4.69, 9.17) is 16.3 Å². The number of aromatic nitrogens is 2. The van der Waals surface area contributed by atoms with Gasteiger partial charge in [0.2, 0.25) is 0 Å². The molecule has 0 spiro atoms. The Morgan fingerprint density at radius 3 is 2.65 bits per heavy atom. The molecule has 0 aliphatic rings. The molecule has 0 aliphatic carbocycles. The van der Waals surface area contributed by atoms with Gasteiger partial charge in [-0.25, -0.2) is 4.98 Å². The van der Waals surface area contributed by atoms with Crippen molar-refractivity contribution in [3.63, 3.8) is 0 Å². The molecule has 6 heteroatoms. The zero-order valence-electron chi connectivity index (χ0n) is 12.1. The first-order valence-corrected chi connectivity index (χ1v) is 7.33. The van der Waals surface area contributed by atoms with E-state index < -0.39 is 0 Å². The van der Waals surface area contributed by atoms with E-state index >= 15 is 0 Å². The number of ether oxygens (including phenoxy) is 1. The lowest BCUT2D eigenvalue weighted by molar-refractivity contribution is 0.302. The van der Waals surface area contributed by atoms with Crippen LogP contribution in [0.25, 0.3) is 0 Å². The quantitative estimate of drug-likeness (QED) is 0.343. The van der Waals surface area contributed by atoms with Crippen molar-refractivity contribution in [2.24, 2.45) is 5.16 Å². The first kappa shape index (κ1) is 15.1. The predicted molar refractivity (Wildman–Crippen MR) is 88.2 cm³/mol. The zero-order valence-corrected chi connectivity index (χ0v) is 12.9. The highest BCUT2D eigenvalue weighted by Gasteiger charge is 2.12. The molecule has 0 saturated heterocycles. The van der Waals surface area contributed by atoms with Crippen molar-refractivity contribution in [2.45, 2.75) is 6.61 Å². The van der Waals surface area contributed by atoms with Gasteiger partial charge >= 0.3 is 0 Å². The van der Waals surface area contributed by atoms with Gasteiger partial charge in [0.1, 0.15) is 18.7 Å². The zero-order chi connectivity index (χ0) is 16.1. The van der Waals surface area contributed by atoms with E-state index in [9.17, 15) is 5.21 Å². The fraction of sp³-hybridized carbons (Fsp3) is 0.0588. The minimum Gasteiger partial charge on any atom is -0.488 e. The molecule has 1 aromatic heterocycles. The van der Waals surface area contributed by atoms with Crippen molar-refractivity contribution >= 4 is 17.4 Å². The highest BCUT2D eigenvalue weighted by molar-refractivity contribution is 6.30. The van der Waals surface area contributed by atoms with Gasteiger partial charge in [-0.3, -0.25) is 4.57 Å². The molecule has 0 unspecified atom stereocenters. The van der Waals surface area contributed by atoms with E-state index in [0.717, 1.165) is 5.56 Å². The minimum absolute atomic E-state index is 0.342. The molecule has 0 atom stereocenters. The van der Waals surface area contributed by atoms with Crippen LogP contribution in [0.2, 0.25) is 5.02 Å². The number of halogens is 1. The Bertz CT molecular complexity index is 799. The number of nitrogens with zero attached hydrogens (tertiary/aromatic N) is 3. The number of oxime groups is 1. The maximum Gasteiger partial charge on any atom is 0.188 e. The fourth-order valence-corrected chi connectivity index (χ4v) is 2.27. The summed E-state index contributed by atoms with van der Waals surface area (Å²) in [7, 11) is 0. The van der Waals surface area contributed by atoms with E-state index in [-0.39, 0.29) is 0 Å². The van der Waals surface area contributed by atoms with Crippen LogP contribution in [0.15, 0.2) is 72.4 Å². The van der Waals surface area contributed by atoms with Crippen LogP contribution in [-0.4, -0.2) is 20.6 Å². The molecule has 1 heterocycles. The van der Waals surface area contributed by atoms with Crippen molar-refractivity contribution < 1.29 is 9.94 Å². The molecule has 116 valence electrons. The summed E-state index contributed by atoms with van der Waals surface area (Å²) in [6.07, 6.45) is 4.87. The van der Waals surface area contributed by atoms with Crippen molar-refractivity contribution in [2.75, 3.05) is 0 Å². The molecule has 0 saturated carbocycles. The van der Waals surface area contributed by atoms with Gasteiger partial charge in [-0.2, -0.15) is 0 Å². The molecule has 3 rings (SSSR count). The smallest absolute Gasteiger partial charge is 0.188 e. The Balaban J connectivity index is 1.84. The molecule has 0 bridgehead atoms. The van der Waals surface area contributed by atoms with Crippen molar-refractivity contribution in [1.29, 1.82) is 0 Å². The number of rotatable bonds is 4. The highest BCUT2D eigenvalue weighted by Crippen LogP contribution is 2.21. The Kier molecular flexibility index (Phi) is 4.59. The highest BCUT2D eigenvalue weighted by atomic mass is 35.5. The lowest BCUT2D eigenvalue weighted by Crippen LogP contribution is -2.13. The van der Waals surface area contributed by atoms with Crippen LogP contribution >= 0.6 is 11.6 Å². The molecule has 0 fully saturated rings. The van der Waals surface area contributed by atoms with Crippen LogP contribution in [0.1, 0.15) is 11.1 Å². The summed E-state index contributed by atoms with van der Waals surface area (Å²) in [4.78, 5) is 3.97. The van der Waals surface area contributed by atoms with E-state index in [1.165, 1.54) is 0 Å². The summed E-state index contributed by atoms with van der Waals surface area (Å²) in [6, 6.07) is 14.8. The lowest BCUT2D eigenvalue weighted by atomic mass is 10.1. The van der Waals surface area contributed by atoms with E-state index in [2.05, 4.69) is 10.1 Å².